The maximum Gasteiger partial charge on any atom is 0.315 e. The van der Waals surface area contributed by atoms with Crippen LogP contribution < -0.4 is 10.5 Å². The molecule has 3 atom stereocenters. The number of rotatable bonds is 7. The molecule has 0 aromatic heterocycles. The van der Waals surface area contributed by atoms with Crippen LogP contribution in [0.3, 0.4) is 0 Å². The van der Waals surface area contributed by atoms with Gasteiger partial charge in [0.15, 0.2) is 9.84 Å². The van der Waals surface area contributed by atoms with Crippen LogP contribution in [0.1, 0.15) is 24.0 Å². The van der Waals surface area contributed by atoms with Gasteiger partial charge in [0.05, 0.1) is 23.9 Å². The van der Waals surface area contributed by atoms with Gasteiger partial charge in [-0.15, -0.1) is 0 Å². The van der Waals surface area contributed by atoms with Crippen molar-refractivity contribution in [2.45, 2.75) is 29.9 Å². The number of hydrogen-bond acceptors (Lipinski definition) is 6. The first kappa shape index (κ1) is 20.4. The maximum atomic E-state index is 13.4. The third-order valence-electron chi connectivity index (χ3n) is 5.41. The fourth-order valence-corrected chi connectivity index (χ4v) is 6.23. The number of carbonyl (C=O) groups is 1. The molecule has 1 aliphatic rings. The van der Waals surface area contributed by atoms with Crippen LogP contribution in [0.25, 0.3) is 0 Å². The van der Waals surface area contributed by atoms with Gasteiger partial charge in [0.25, 0.3) is 0 Å². The Bertz CT molecular complexity index is 953. The highest BCUT2D eigenvalue weighted by atomic mass is 32.2. The summed E-state index contributed by atoms with van der Waals surface area (Å²) in [6, 6.07) is 13.7. The van der Waals surface area contributed by atoms with Crippen LogP contribution in [0, 0.1) is 12.3 Å². The lowest BCUT2D eigenvalue weighted by molar-refractivity contribution is -0.149. The highest BCUT2D eigenvalue weighted by Crippen LogP contribution is 2.64. The van der Waals surface area contributed by atoms with Crippen LogP contribution in [0.2, 0.25) is 0 Å². The van der Waals surface area contributed by atoms with Crippen molar-refractivity contribution in [3.05, 3.63) is 59.7 Å². The number of carbonyl (C=O) groups excluding carboxylic acids is 1. The number of ether oxygens (including phenoxy) is 2. The van der Waals surface area contributed by atoms with E-state index in [1.807, 2.05) is 6.92 Å². The summed E-state index contributed by atoms with van der Waals surface area (Å²) < 4.78 is 37.2. The van der Waals surface area contributed by atoms with E-state index in [0.29, 0.717) is 5.75 Å². The Morgan fingerprint density at radius 3 is 2.21 bits per heavy atom. The van der Waals surface area contributed by atoms with Crippen molar-refractivity contribution >= 4 is 15.8 Å². The van der Waals surface area contributed by atoms with Crippen molar-refractivity contribution in [2.75, 3.05) is 20.3 Å². The third-order valence-corrected chi connectivity index (χ3v) is 7.70. The molecule has 6 nitrogen and oxygen atoms in total. The van der Waals surface area contributed by atoms with Crippen molar-refractivity contribution in [3.8, 4) is 5.75 Å². The first-order valence-corrected chi connectivity index (χ1v) is 10.7. The van der Waals surface area contributed by atoms with E-state index in [4.69, 9.17) is 15.2 Å². The molecule has 1 fully saturated rings. The molecule has 0 saturated heterocycles. The molecule has 0 radical (unpaired) electrons. The van der Waals surface area contributed by atoms with Crippen molar-refractivity contribution in [2.24, 2.45) is 11.1 Å². The van der Waals surface area contributed by atoms with E-state index in [1.165, 1.54) is 0 Å². The molecule has 150 valence electrons. The Labute approximate surface area is 165 Å². The zero-order valence-corrected chi connectivity index (χ0v) is 17.0. The molecule has 0 unspecified atom stereocenters. The van der Waals surface area contributed by atoms with Crippen molar-refractivity contribution < 1.29 is 22.7 Å². The van der Waals surface area contributed by atoms with Gasteiger partial charge in [0.1, 0.15) is 11.2 Å². The summed E-state index contributed by atoms with van der Waals surface area (Å²) in [6.45, 7) is 3.62. The van der Waals surface area contributed by atoms with Gasteiger partial charge in [-0.3, -0.25) is 4.79 Å². The van der Waals surface area contributed by atoms with E-state index in [0.717, 1.165) is 11.1 Å². The monoisotopic (exact) mass is 403 g/mol. The first-order chi connectivity index (χ1) is 13.3. The zero-order valence-electron chi connectivity index (χ0n) is 16.2. The lowest BCUT2D eigenvalue weighted by Crippen LogP contribution is -2.33. The minimum atomic E-state index is -3.79. The van der Waals surface area contributed by atoms with Gasteiger partial charge in [-0.05, 0) is 43.7 Å². The quantitative estimate of drug-likeness (QED) is 0.714. The molecule has 28 heavy (non-hydrogen) atoms. The maximum absolute atomic E-state index is 13.4. The van der Waals surface area contributed by atoms with E-state index >= 15 is 0 Å². The van der Waals surface area contributed by atoms with Crippen molar-refractivity contribution in [3.63, 3.8) is 0 Å². The molecule has 0 heterocycles. The Morgan fingerprint density at radius 2 is 1.71 bits per heavy atom. The Balaban J connectivity index is 2.09. The summed E-state index contributed by atoms with van der Waals surface area (Å²) in [4.78, 5) is 13.0. The number of benzene rings is 2. The van der Waals surface area contributed by atoms with Gasteiger partial charge in [-0.2, -0.15) is 0 Å². The Hall–Kier alpha value is -2.38. The molecule has 0 amide bonds. The number of esters is 1. The number of hydrogen-bond donors (Lipinski definition) is 1. The average Bonchev–Trinajstić information content (AvgIpc) is 3.40. The Morgan fingerprint density at radius 1 is 1.11 bits per heavy atom. The minimum Gasteiger partial charge on any atom is -0.497 e. The molecule has 2 N–H and O–H groups in total. The smallest absolute Gasteiger partial charge is 0.315 e. The lowest BCUT2D eigenvalue weighted by Gasteiger charge is -2.14. The van der Waals surface area contributed by atoms with Crippen LogP contribution in [-0.2, 0) is 19.4 Å². The molecule has 2 aromatic carbocycles. The highest BCUT2D eigenvalue weighted by molar-refractivity contribution is 7.92. The first-order valence-electron chi connectivity index (χ1n) is 9.14. The summed E-state index contributed by atoms with van der Waals surface area (Å²) in [6.07, 6.45) is 0. The summed E-state index contributed by atoms with van der Waals surface area (Å²) >= 11 is 0. The fourth-order valence-electron chi connectivity index (χ4n) is 3.85. The van der Waals surface area contributed by atoms with Gasteiger partial charge >= 0.3 is 5.97 Å². The van der Waals surface area contributed by atoms with Crippen molar-refractivity contribution in [1.29, 1.82) is 0 Å². The summed E-state index contributed by atoms with van der Waals surface area (Å²) in [5.41, 5.74) is 6.36. The molecular formula is C21H25NO5S. The molecular weight excluding hydrogens is 378 g/mol. The molecule has 2 aromatic rings. The predicted octanol–water partition coefficient (Wildman–Crippen LogP) is 2.45. The van der Waals surface area contributed by atoms with Crippen LogP contribution >= 0.6 is 0 Å². The van der Waals surface area contributed by atoms with E-state index in [9.17, 15) is 13.2 Å². The van der Waals surface area contributed by atoms with Crippen LogP contribution in [0.15, 0.2) is 53.4 Å². The fraction of sp³-hybridized carbons (Fsp3) is 0.381. The van der Waals surface area contributed by atoms with E-state index in [2.05, 4.69) is 0 Å². The van der Waals surface area contributed by atoms with Gasteiger partial charge in [-0.25, -0.2) is 8.42 Å². The number of methoxy groups -OCH3 is 1. The van der Waals surface area contributed by atoms with Gasteiger partial charge in [-0.1, -0.05) is 29.8 Å². The summed E-state index contributed by atoms with van der Waals surface area (Å²) in [7, 11) is -2.24. The Kier molecular flexibility index (Phi) is 5.50. The predicted molar refractivity (Wildman–Crippen MR) is 106 cm³/mol. The summed E-state index contributed by atoms with van der Waals surface area (Å²) in [5.74, 6) is -0.496. The van der Waals surface area contributed by atoms with E-state index in [-0.39, 0.29) is 18.0 Å². The lowest BCUT2D eigenvalue weighted by atomic mass is 9.99. The largest absolute Gasteiger partial charge is 0.497 e. The molecule has 1 aliphatic carbocycles. The highest BCUT2D eigenvalue weighted by Gasteiger charge is 2.75. The average molecular weight is 404 g/mol. The van der Waals surface area contributed by atoms with Crippen LogP contribution in [-0.4, -0.2) is 39.9 Å². The molecule has 1 saturated carbocycles. The molecule has 0 spiro atoms. The molecule has 3 rings (SSSR count). The van der Waals surface area contributed by atoms with E-state index < -0.39 is 32.4 Å². The topological polar surface area (TPSA) is 95.7 Å². The SMILES string of the molecule is CCOC(=O)[C@@]1(CN)[C@H](S(=O)(=O)c2ccc(C)cc2)[C@@H]1c1ccc(OC)cc1. The molecule has 0 aliphatic heterocycles. The standard InChI is InChI=1S/C21H25NO5S/c1-4-27-20(23)21(13-22)18(15-7-9-16(26-3)10-8-15)19(21)28(24,25)17-11-5-14(2)6-12-17/h5-12,18-19H,4,13,22H2,1-3H3/t18-,19+,21+/m0/s1. The van der Waals surface area contributed by atoms with Gasteiger partial charge in [0, 0.05) is 12.5 Å². The molecule has 7 heteroatoms. The number of nitrogens with two attached hydrogens (primary N) is 1. The minimum absolute atomic E-state index is 0.113. The number of sulfone groups is 1. The van der Waals surface area contributed by atoms with Gasteiger partial charge in [0.2, 0.25) is 0 Å². The zero-order chi connectivity index (χ0) is 20.5. The van der Waals surface area contributed by atoms with Crippen LogP contribution in [0.5, 0.6) is 5.75 Å². The van der Waals surface area contributed by atoms with Crippen molar-refractivity contribution in [1.82, 2.24) is 0 Å². The molecule has 0 bridgehead atoms. The second-order valence-corrected chi connectivity index (χ2v) is 9.06. The second-order valence-electron chi connectivity index (χ2n) is 6.99. The van der Waals surface area contributed by atoms with Crippen LogP contribution in [0.4, 0.5) is 0 Å². The third kappa shape index (κ3) is 3.18. The second kappa shape index (κ2) is 7.56. The normalized spacial score (nSPS) is 23.9. The van der Waals surface area contributed by atoms with Gasteiger partial charge < -0.3 is 15.2 Å². The van der Waals surface area contributed by atoms with E-state index in [1.54, 1.807) is 62.6 Å². The summed E-state index contributed by atoms with van der Waals surface area (Å²) in [5, 5.41) is -0.972. The number of aryl methyl sites for hydroxylation is 1.